The van der Waals surface area contributed by atoms with E-state index in [2.05, 4.69) is 9.97 Å². The molecule has 0 aliphatic rings. The summed E-state index contributed by atoms with van der Waals surface area (Å²) in [5.74, 6) is -0.403. The molecule has 0 unspecified atom stereocenters. The van der Waals surface area contributed by atoms with Gasteiger partial charge in [0.25, 0.3) is 0 Å². The number of fused-ring (bicyclic) bond motifs is 1. The average Bonchev–Trinajstić information content (AvgIpc) is 2.80. The van der Waals surface area contributed by atoms with Crippen LogP contribution in [0.1, 0.15) is 43.2 Å². The maximum absolute atomic E-state index is 12.0. The van der Waals surface area contributed by atoms with E-state index in [-0.39, 0.29) is 0 Å². The van der Waals surface area contributed by atoms with Crippen molar-refractivity contribution in [3.8, 4) is 0 Å². The fourth-order valence-electron chi connectivity index (χ4n) is 2.13. The number of carbonyl (C=O) groups is 1. The summed E-state index contributed by atoms with van der Waals surface area (Å²) in [4.78, 5) is 19.4. The van der Waals surface area contributed by atoms with Crippen LogP contribution in [0.5, 0.6) is 0 Å². The maximum Gasteiger partial charge on any atom is 0.357 e. The molecule has 0 saturated carbocycles. The van der Waals surface area contributed by atoms with Crippen molar-refractivity contribution in [1.82, 2.24) is 9.97 Å². The van der Waals surface area contributed by atoms with Gasteiger partial charge in [0.1, 0.15) is 11.3 Å². The summed E-state index contributed by atoms with van der Waals surface area (Å²) >= 11 is 0. The van der Waals surface area contributed by atoms with Crippen molar-refractivity contribution < 1.29 is 14.3 Å². The van der Waals surface area contributed by atoms with Crippen LogP contribution >= 0.6 is 0 Å². The Hall–Kier alpha value is -1.88. The van der Waals surface area contributed by atoms with Crippen LogP contribution in [-0.2, 0) is 15.9 Å². The van der Waals surface area contributed by atoms with Crippen LogP contribution in [0.2, 0.25) is 0 Å². The summed E-state index contributed by atoms with van der Waals surface area (Å²) in [7, 11) is 1.70. The molecule has 2 heterocycles. The Bertz CT molecular complexity index is 626. The molecule has 0 aliphatic heterocycles. The van der Waals surface area contributed by atoms with E-state index < -0.39 is 11.6 Å². The molecule has 0 spiro atoms. The highest BCUT2D eigenvalue weighted by Gasteiger charge is 2.19. The minimum atomic E-state index is -0.519. The highest BCUT2D eigenvalue weighted by molar-refractivity contribution is 5.93. The molecule has 0 aromatic carbocycles. The standard InChI is InChI=1S/C16H22N2O3/c1-16(2,3)21-15(19)14-8-13-12(10-18-14)11(9-17-13)6-5-7-20-4/h8-10,17H,5-7H2,1-4H3. The number of H-pyrrole nitrogens is 1. The van der Waals surface area contributed by atoms with Gasteiger partial charge in [0, 0.05) is 37.0 Å². The van der Waals surface area contributed by atoms with Crippen molar-refractivity contribution in [3.05, 3.63) is 29.7 Å². The van der Waals surface area contributed by atoms with Gasteiger partial charge < -0.3 is 14.5 Å². The van der Waals surface area contributed by atoms with Crippen molar-refractivity contribution in [2.75, 3.05) is 13.7 Å². The number of hydrogen-bond donors (Lipinski definition) is 1. The van der Waals surface area contributed by atoms with E-state index in [1.165, 1.54) is 5.56 Å². The first-order chi connectivity index (χ1) is 9.90. The molecule has 21 heavy (non-hydrogen) atoms. The summed E-state index contributed by atoms with van der Waals surface area (Å²) in [6, 6.07) is 1.74. The average molecular weight is 290 g/mol. The first kappa shape index (κ1) is 15.5. The SMILES string of the molecule is COCCCc1c[nH]c2cc(C(=O)OC(C)(C)C)ncc12. The summed E-state index contributed by atoms with van der Waals surface area (Å²) < 4.78 is 10.4. The number of carbonyl (C=O) groups excluding carboxylic acids is 1. The summed E-state index contributed by atoms with van der Waals surface area (Å²) in [5, 5.41) is 1.04. The monoisotopic (exact) mass is 290 g/mol. The molecule has 114 valence electrons. The predicted octanol–water partition coefficient (Wildman–Crippen LogP) is 3.10. The largest absolute Gasteiger partial charge is 0.455 e. The van der Waals surface area contributed by atoms with Crippen molar-refractivity contribution in [2.45, 2.75) is 39.2 Å². The van der Waals surface area contributed by atoms with Crippen LogP contribution < -0.4 is 0 Å². The Morgan fingerprint density at radius 3 is 2.81 bits per heavy atom. The molecule has 0 atom stereocenters. The number of aryl methyl sites for hydroxylation is 1. The Morgan fingerprint density at radius 2 is 2.14 bits per heavy atom. The number of pyridine rings is 1. The van der Waals surface area contributed by atoms with Gasteiger partial charge in [-0.25, -0.2) is 9.78 Å². The highest BCUT2D eigenvalue weighted by Crippen LogP contribution is 2.20. The third-order valence-electron chi connectivity index (χ3n) is 3.05. The minimum absolute atomic E-state index is 0.322. The molecular weight excluding hydrogens is 268 g/mol. The normalized spacial score (nSPS) is 11.8. The first-order valence-electron chi connectivity index (χ1n) is 7.09. The lowest BCUT2D eigenvalue weighted by atomic mass is 10.1. The third-order valence-corrected chi connectivity index (χ3v) is 3.05. The molecule has 0 saturated heterocycles. The number of methoxy groups -OCH3 is 1. The van der Waals surface area contributed by atoms with E-state index in [4.69, 9.17) is 9.47 Å². The number of esters is 1. The second kappa shape index (κ2) is 6.26. The highest BCUT2D eigenvalue weighted by atomic mass is 16.6. The molecule has 2 rings (SSSR count). The third kappa shape index (κ3) is 4.04. The quantitative estimate of drug-likeness (QED) is 0.679. The number of nitrogens with zero attached hydrogens (tertiary/aromatic N) is 1. The topological polar surface area (TPSA) is 64.2 Å². The van der Waals surface area contributed by atoms with E-state index in [0.29, 0.717) is 5.69 Å². The van der Waals surface area contributed by atoms with Gasteiger partial charge in [0.2, 0.25) is 0 Å². The number of hydrogen-bond acceptors (Lipinski definition) is 4. The fourth-order valence-corrected chi connectivity index (χ4v) is 2.13. The smallest absolute Gasteiger partial charge is 0.357 e. The van der Waals surface area contributed by atoms with E-state index in [0.717, 1.165) is 30.4 Å². The molecular formula is C16H22N2O3. The van der Waals surface area contributed by atoms with Crippen LogP contribution in [0.3, 0.4) is 0 Å². The van der Waals surface area contributed by atoms with Crippen molar-refractivity contribution in [3.63, 3.8) is 0 Å². The lowest BCUT2D eigenvalue weighted by Gasteiger charge is -2.18. The molecule has 5 nitrogen and oxygen atoms in total. The maximum atomic E-state index is 12.0. The van der Waals surface area contributed by atoms with Crippen LogP contribution in [0.15, 0.2) is 18.5 Å². The van der Waals surface area contributed by atoms with E-state index in [9.17, 15) is 4.79 Å². The predicted molar refractivity (Wildman–Crippen MR) is 81.5 cm³/mol. The van der Waals surface area contributed by atoms with Crippen molar-refractivity contribution in [2.24, 2.45) is 0 Å². The van der Waals surface area contributed by atoms with Gasteiger partial charge in [0.05, 0.1) is 0 Å². The number of ether oxygens (including phenoxy) is 2. The Balaban J connectivity index is 2.18. The molecule has 0 bridgehead atoms. The van der Waals surface area contributed by atoms with Gasteiger partial charge in [0.15, 0.2) is 0 Å². The Morgan fingerprint density at radius 1 is 1.38 bits per heavy atom. The van der Waals surface area contributed by atoms with Crippen LogP contribution in [0.25, 0.3) is 10.9 Å². The minimum Gasteiger partial charge on any atom is -0.455 e. The van der Waals surface area contributed by atoms with Gasteiger partial charge in [-0.3, -0.25) is 0 Å². The Labute approximate surface area is 124 Å². The molecule has 2 aromatic rings. The lowest BCUT2D eigenvalue weighted by molar-refractivity contribution is 0.00630. The van der Waals surface area contributed by atoms with Gasteiger partial charge in [-0.2, -0.15) is 0 Å². The number of nitrogens with one attached hydrogen (secondary N) is 1. The van der Waals surface area contributed by atoms with E-state index >= 15 is 0 Å². The zero-order chi connectivity index (χ0) is 15.5. The fraction of sp³-hybridized carbons (Fsp3) is 0.500. The van der Waals surface area contributed by atoms with E-state index in [1.54, 1.807) is 19.4 Å². The number of aromatic nitrogens is 2. The molecule has 0 amide bonds. The summed E-state index contributed by atoms with van der Waals surface area (Å²) in [6.45, 7) is 6.25. The van der Waals surface area contributed by atoms with Crippen LogP contribution in [0, 0.1) is 0 Å². The molecule has 0 radical (unpaired) electrons. The van der Waals surface area contributed by atoms with Crippen LogP contribution in [0.4, 0.5) is 0 Å². The van der Waals surface area contributed by atoms with Gasteiger partial charge >= 0.3 is 5.97 Å². The second-order valence-corrected chi connectivity index (χ2v) is 6.03. The number of aromatic amines is 1. The van der Waals surface area contributed by atoms with E-state index in [1.807, 2.05) is 27.0 Å². The summed E-state index contributed by atoms with van der Waals surface area (Å²) in [5.41, 5.74) is 1.89. The number of rotatable bonds is 5. The molecule has 0 aliphatic carbocycles. The molecule has 1 N–H and O–H groups in total. The molecule has 5 heteroatoms. The first-order valence-corrected chi connectivity index (χ1v) is 7.09. The Kier molecular flexibility index (Phi) is 4.63. The lowest BCUT2D eigenvalue weighted by Crippen LogP contribution is -2.24. The van der Waals surface area contributed by atoms with Gasteiger partial charge in [-0.1, -0.05) is 0 Å². The van der Waals surface area contributed by atoms with Gasteiger partial charge in [-0.05, 0) is 45.2 Å². The van der Waals surface area contributed by atoms with Crippen molar-refractivity contribution >= 4 is 16.9 Å². The van der Waals surface area contributed by atoms with Crippen LogP contribution in [-0.4, -0.2) is 35.3 Å². The molecule has 2 aromatic heterocycles. The van der Waals surface area contributed by atoms with Crippen molar-refractivity contribution in [1.29, 1.82) is 0 Å². The summed E-state index contributed by atoms with van der Waals surface area (Å²) in [6.07, 6.45) is 5.56. The zero-order valence-corrected chi connectivity index (χ0v) is 13.0. The zero-order valence-electron chi connectivity index (χ0n) is 13.0. The second-order valence-electron chi connectivity index (χ2n) is 6.03. The molecule has 0 fully saturated rings. The van der Waals surface area contributed by atoms with Gasteiger partial charge in [-0.15, -0.1) is 0 Å².